The van der Waals surface area contributed by atoms with Crippen molar-refractivity contribution in [2.45, 2.75) is 31.7 Å². The zero-order valence-corrected chi connectivity index (χ0v) is 13.7. The second-order valence-corrected chi connectivity index (χ2v) is 7.15. The molecule has 22 heavy (non-hydrogen) atoms. The highest BCUT2D eigenvalue weighted by molar-refractivity contribution is 7.17. The van der Waals surface area contributed by atoms with E-state index in [0.29, 0.717) is 18.0 Å². The first-order valence-corrected chi connectivity index (χ1v) is 8.37. The molecular weight excluding hydrogens is 322 g/mol. The predicted octanol–water partition coefficient (Wildman–Crippen LogP) is 3.56. The van der Waals surface area contributed by atoms with E-state index in [9.17, 15) is 14.7 Å². The van der Waals surface area contributed by atoms with Crippen molar-refractivity contribution < 1.29 is 14.7 Å². The third-order valence-corrected chi connectivity index (χ3v) is 5.61. The van der Waals surface area contributed by atoms with Crippen LogP contribution in [0.3, 0.4) is 0 Å². The highest BCUT2D eigenvalue weighted by Gasteiger charge is 2.45. The first kappa shape index (κ1) is 15.3. The first-order valence-electron chi connectivity index (χ1n) is 7.11. The summed E-state index contributed by atoms with van der Waals surface area (Å²) in [6.45, 7) is 2.13. The predicted molar refractivity (Wildman–Crippen MR) is 87.5 cm³/mol. The number of benzene rings is 1. The molecular formula is C16H16ClNO3S. The molecule has 0 radical (unpaired) electrons. The van der Waals surface area contributed by atoms with Gasteiger partial charge in [-0.15, -0.1) is 11.3 Å². The van der Waals surface area contributed by atoms with E-state index in [4.69, 9.17) is 11.6 Å². The summed E-state index contributed by atoms with van der Waals surface area (Å²) >= 11 is 7.60. The number of aliphatic carboxylic acids is 1. The van der Waals surface area contributed by atoms with E-state index < -0.39 is 11.5 Å². The van der Waals surface area contributed by atoms with Crippen LogP contribution in [-0.2, 0) is 16.0 Å². The molecule has 1 unspecified atom stereocenters. The van der Waals surface area contributed by atoms with E-state index in [1.807, 2.05) is 23.6 Å². The Morgan fingerprint density at radius 2 is 2.23 bits per heavy atom. The van der Waals surface area contributed by atoms with Crippen LogP contribution in [0.2, 0.25) is 5.02 Å². The maximum Gasteiger partial charge on any atom is 0.329 e. The Kier molecular flexibility index (Phi) is 3.87. The summed E-state index contributed by atoms with van der Waals surface area (Å²) in [4.78, 5) is 25.6. The number of nitrogens with zero attached hydrogens (tertiary/aromatic N) is 1. The Balaban J connectivity index is 1.87. The molecule has 2 heterocycles. The van der Waals surface area contributed by atoms with Crippen LogP contribution in [0.15, 0.2) is 23.6 Å². The number of thiophene rings is 1. The molecule has 1 amide bonds. The van der Waals surface area contributed by atoms with Crippen molar-refractivity contribution in [1.82, 2.24) is 4.90 Å². The van der Waals surface area contributed by atoms with E-state index in [1.165, 1.54) is 4.90 Å². The molecule has 1 aromatic heterocycles. The smallest absolute Gasteiger partial charge is 0.329 e. The van der Waals surface area contributed by atoms with Crippen molar-refractivity contribution in [3.63, 3.8) is 0 Å². The van der Waals surface area contributed by atoms with Crippen molar-refractivity contribution in [2.75, 3.05) is 6.54 Å². The summed E-state index contributed by atoms with van der Waals surface area (Å²) in [7, 11) is 0. The van der Waals surface area contributed by atoms with Crippen LogP contribution < -0.4 is 0 Å². The molecule has 1 atom stereocenters. The van der Waals surface area contributed by atoms with Crippen molar-refractivity contribution in [3.8, 4) is 0 Å². The number of carbonyl (C=O) groups is 2. The van der Waals surface area contributed by atoms with Gasteiger partial charge in [-0.3, -0.25) is 4.79 Å². The van der Waals surface area contributed by atoms with Crippen molar-refractivity contribution in [1.29, 1.82) is 0 Å². The first-order chi connectivity index (χ1) is 10.4. The Labute approximate surface area is 137 Å². The van der Waals surface area contributed by atoms with Gasteiger partial charge < -0.3 is 10.0 Å². The number of carboxylic acid groups (broad SMARTS) is 1. The number of carboxylic acids is 1. The quantitative estimate of drug-likeness (QED) is 0.931. The molecule has 2 aromatic rings. The highest BCUT2D eigenvalue weighted by atomic mass is 35.5. The van der Waals surface area contributed by atoms with Gasteiger partial charge in [0.15, 0.2) is 0 Å². The largest absolute Gasteiger partial charge is 0.480 e. The Morgan fingerprint density at radius 1 is 1.45 bits per heavy atom. The van der Waals surface area contributed by atoms with Gasteiger partial charge in [-0.1, -0.05) is 11.6 Å². The fourth-order valence-corrected chi connectivity index (χ4v) is 4.15. The van der Waals surface area contributed by atoms with E-state index in [-0.39, 0.29) is 12.3 Å². The fourth-order valence-electron chi connectivity index (χ4n) is 3.03. The second-order valence-electron chi connectivity index (χ2n) is 5.81. The summed E-state index contributed by atoms with van der Waals surface area (Å²) < 4.78 is 1.08. The van der Waals surface area contributed by atoms with Crippen LogP contribution >= 0.6 is 22.9 Å². The second kappa shape index (κ2) is 5.56. The molecule has 6 heteroatoms. The molecule has 0 aliphatic carbocycles. The van der Waals surface area contributed by atoms with Gasteiger partial charge in [0.1, 0.15) is 5.54 Å². The molecule has 1 N–H and O–H groups in total. The topological polar surface area (TPSA) is 57.6 Å². The van der Waals surface area contributed by atoms with E-state index in [1.54, 1.807) is 18.3 Å². The molecule has 116 valence electrons. The molecule has 0 bridgehead atoms. The van der Waals surface area contributed by atoms with Crippen molar-refractivity contribution >= 4 is 44.9 Å². The lowest BCUT2D eigenvalue weighted by Gasteiger charge is -2.31. The zero-order valence-electron chi connectivity index (χ0n) is 12.1. The molecule has 1 aliphatic rings. The standard InChI is InChI=1S/C16H16ClNO3S/c1-16(15(20)21)5-2-6-18(16)14(19)7-10-9-22-13-4-3-11(17)8-12(10)13/h3-4,8-9H,2,5-7H2,1H3,(H,20,21). The minimum Gasteiger partial charge on any atom is -0.480 e. The molecule has 0 saturated carbocycles. The van der Waals surface area contributed by atoms with Crippen LogP contribution in [0.4, 0.5) is 0 Å². The van der Waals surface area contributed by atoms with Gasteiger partial charge in [0.25, 0.3) is 0 Å². The Hall–Kier alpha value is -1.59. The van der Waals surface area contributed by atoms with E-state index >= 15 is 0 Å². The zero-order chi connectivity index (χ0) is 15.9. The normalized spacial score (nSPS) is 21.5. The number of likely N-dealkylation sites (tertiary alicyclic amines) is 1. The molecule has 1 aliphatic heterocycles. The maximum absolute atomic E-state index is 12.6. The molecule has 4 nitrogen and oxygen atoms in total. The highest BCUT2D eigenvalue weighted by Crippen LogP contribution is 2.32. The lowest BCUT2D eigenvalue weighted by molar-refractivity contribution is -0.155. The molecule has 0 spiro atoms. The number of hydrogen-bond donors (Lipinski definition) is 1. The maximum atomic E-state index is 12.6. The minimum atomic E-state index is -1.08. The van der Waals surface area contributed by atoms with Gasteiger partial charge in [-0.2, -0.15) is 0 Å². The molecule has 1 aromatic carbocycles. The van der Waals surface area contributed by atoms with Crippen LogP contribution in [-0.4, -0.2) is 34.0 Å². The Morgan fingerprint density at radius 3 is 2.95 bits per heavy atom. The van der Waals surface area contributed by atoms with Crippen LogP contribution in [0.5, 0.6) is 0 Å². The number of halogens is 1. The van der Waals surface area contributed by atoms with Gasteiger partial charge in [0.05, 0.1) is 6.42 Å². The van der Waals surface area contributed by atoms with Gasteiger partial charge in [0, 0.05) is 16.3 Å². The van der Waals surface area contributed by atoms with Crippen molar-refractivity contribution in [3.05, 3.63) is 34.2 Å². The van der Waals surface area contributed by atoms with Crippen LogP contribution in [0.1, 0.15) is 25.3 Å². The number of carbonyl (C=O) groups excluding carboxylic acids is 1. The molecule has 1 fully saturated rings. The van der Waals surface area contributed by atoms with Gasteiger partial charge in [-0.05, 0) is 54.3 Å². The number of hydrogen-bond acceptors (Lipinski definition) is 3. The summed E-state index contributed by atoms with van der Waals surface area (Å²) in [5, 5.41) is 13.0. The van der Waals surface area contributed by atoms with Crippen LogP contribution in [0, 0.1) is 0 Å². The average molecular weight is 338 g/mol. The van der Waals surface area contributed by atoms with Crippen molar-refractivity contribution in [2.24, 2.45) is 0 Å². The summed E-state index contributed by atoms with van der Waals surface area (Å²) in [5.74, 6) is -1.07. The summed E-state index contributed by atoms with van der Waals surface area (Å²) in [6.07, 6.45) is 1.44. The fraction of sp³-hybridized carbons (Fsp3) is 0.375. The molecule has 1 saturated heterocycles. The monoisotopic (exact) mass is 337 g/mol. The lowest BCUT2D eigenvalue weighted by Crippen LogP contribution is -2.51. The van der Waals surface area contributed by atoms with Gasteiger partial charge >= 0.3 is 5.97 Å². The van der Waals surface area contributed by atoms with E-state index in [0.717, 1.165) is 22.1 Å². The van der Waals surface area contributed by atoms with Gasteiger partial charge in [-0.25, -0.2) is 4.79 Å². The van der Waals surface area contributed by atoms with E-state index in [2.05, 4.69) is 0 Å². The Bertz CT molecular complexity index is 757. The number of rotatable bonds is 3. The average Bonchev–Trinajstić information content (AvgIpc) is 3.04. The van der Waals surface area contributed by atoms with Crippen LogP contribution in [0.25, 0.3) is 10.1 Å². The number of fused-ring (bicyclic) bond motifs is 1. The summed E-state index contributed by atoms with van der Waals surface area (Å²) in [5.41, 5.74) is -0.173. The number of amides is 1. The minimum absolute atomic E-state index is 0.137. The third kappa shape index (κ3) is 2.48. The SMILES string of the molecule is CC1(C(=O)O)CCCN1C(=O)Cc1csc2ccc(Cl)cc12. The third-order valence-electron chi connectivity index (χ3n) is 4.36. The lowest BCUT2D eigenvalue weighted by atomic mass is 9.98. The van der Waals surface area contributed by atoms with Gasteiger partial charge in [0.2, 0.25) is 5.91 Å². The summed E-state index contributed by atoms with van der Waals surface area (Å²) in [6, 6.07) is 5.62. The molecule has 3 rings (SSSR count).